The minimum absolute atomic E-state index is 0.0200. The molecule has 0 fully saturated rings. The van der Waals surface area contributed by atoms with Crippen molar-refractivity contribution >= 4 is 23.5 Å². The summed E-state index contributed by atoms with van der Waals surface area (Å²) in [7, 11) is 0. The molecule has 1 aromatic heterocycles. The zero-order chi connectivity index (χ0) is 18.6. The Morgan fingerprint density at radius 1 is 1.12 bits per heavy atom. The number of nitrogens with one attached hydrogen (secondary N) is 2. The molecule has 0 radical (unpaired) electrons. The van der Waals surface area contributed by atoms with E-state index >= 15 is 0 Å². The summed E-state index contributed by atoms with van der Waals surface area (Å²) in [6.45, 7) is 5.48. The average Bonchev–Trinajstić information content (AvgIpc) is 2.99. The van der Waals surface area contributed by atoms with E-state index in [1.54, 1.807) is 31.2 Å². The molecule has 2 amide bonds. The van der Waals surface area contributed by atoms with Crippen LogP contribution in [0.15, 0.2) is 34.7 Å². The fourth-order valence-corrected chi connectivity index (χ4v) is 2.23. The smallest absolute Gasteiger partial charge is 0.339 e. The van der Waals surface area contributed by atoms with Gasteiger partial charge in [0, 0.05) is 29.8 Å². The highest BCUT2D eigenvalue weighted by molar-refractivity contribution is 6.04. The van der Waals surface area contributed by atoms with E-state index in [1.807, 2.05) is 13.8 Å². The molecule has 0 unspecified atom stereocenters. The van der Waals surface area contributed by atoms with Crippen molar-refractivity contribution in [3.8, 4) is 0 Å². The summed E-state index contributed by atoms with van der Waals surface area (Å²) in [5, 5.41) is 14.5. The number of anilines is 1. The third-order valence-corrected chi connectivity index (χ3v) is 3.41. The summed E-state index contributed by atoms with van der Waals surface area (Å²) in [4.78, 5) is 35.2. The van der Waals surface area contributed by atoms with Gasteiger partial charge in [0.15, 0.2) is 5.76 Å². The summed E-state index contributed by atoms with van der Waals surface area (Å²) < 4.78 is 5.31. The van der Waals surface area contributed by atoms with E-state index in [1.165, 1.54) is 6.07 Å². The first-order valence-corrected chi connectivity index (χ1v) is 7.90. The van der Waals surface area contributed by atoms with Crippen LogP contribution in [0.2, 0.25) is 0 Å². The standard InChI is InChI=1S/C18H20N2O5/c1-4-14-13(18(23)24)9-15(25-14)17(22)20-12-7-5-11(6-8-12)16(21)19-10(2)3/h5-10H,4H2,1-3H3,(H,19,21)(H,20,22)(H,23,24). The first-order valence-electron chi connectivity index (χ1n) is 7.90. The van der Waals surface area contributed by atoms with Crippen molar-refractivity contribution in [1.82, 2.24) is 5.32 Å². The highest BCUT2D eigenvalue weighted by Crippen LogP contribution is 2.18. The summed E-state index contributed by atoms with van der Waals surface area (Å²) in [5.74, 6) is -1.71. The van der Waals surface area contributed by atoms with E-state index in [0.717, 1.165) is 0 Å². The van der Waals surface area contributed by atoms with Gasteiger partial charge in [-0.2, -0.15) is 0 Å². The Bertz CT molecular complexity index is 790. The van der Waals surface area contributed by atoms with Crippen LogP contribution in [0, 0.1) is 0 Å². The molecule has 0 spiro atoms. The molecular weight excluding hydrogens is 324 g/mol. The van der Waals surface area contributed by atoms with Crippen molar-refractivity contribution < 1.29 is 23.9 Å². The van der Waals surface area contributed by atoms with Crippen LogP contribution in [0.4, 0.5) is 5.69 Å². The maximum Gasteiger partial charge on any atom is 0.339 e. The molecule has 7 nitrogen and oxygen atoms in total. The predicted molar refractivity (Wildman–Crippen MR) is 92.0 cm³/mol. The number of carbonyl (C=O) groups excluding carboxylic acids is 2. The van der Waals surface area contributed by atoms with Crippen molar-refractivity contribution in [2.75, 3.05) is 5.32 Å². The number of benzene rings is 1. The van der Waals surface area contributed by atoms with E-state index in [2.05, 4.69) is 10.6 Å². The van der Waals surface area contributed by atoms with E-state index in [0.29, 0.717) is 17.7 Å². The van der Waals surface area contributed by atoms with Crippen LogP contribution in [0.1, 0.15) is 57.8 Å². The number of carboxylic acids is 1. The van der Waals surface area contributed by atoms with Gasteiger partial charge < -0.3 is 20.2 Å². The molecule has 3 N–H and O–H groups in total. The second-order valence-electron chi connectivity index (χ2n) is 5.77. The number of furan rings is 1. The van der Waals surface area contributed by atoms with Gasteiger partial charge in [-0.3, -0.25) is 9.59 Å². The van der Waals surface area contributed by atoms with Crippen LogP contribution in [0.25, 0.3) is 0 Å². The number of hydrogen-bond acceptors (Lipinski definition) is 4. The van der Waals surface area contributed by atoms with Gasteiger partial charge in [0.05, 0.1) is 0 Å². The minimum Gasteiger partial charge on any atom is -0.478 e. The Balaban J connectivity index is 2.10. The lowest BCUT2D eigenvalue weighted by molar-refractivity contribution is 0.0694. The number of aromatic carboxylic acids is 1. The topological polar surface area (TPSA) is 109 Å². The zero-order valence-electron chi connectivity index (χ0n) is 14.3. The Kier molecular flexibility index (Phi) is 5.59. The van der Waals surface area contributed by atoms with Gasteiger partial charge in [-0.1, -0.05) is 6.92 Å². The van der Waals surface area contributed by atoms with Crippen molar-refractivity contribution in [3.05, 3.63) is 53.0 Å². The van der Waals surface area contributed by atoms with Gasteiger partial charge in [-0.15, -0.1) is 0 Å². The summed E-state index contributed by atoms with van der Waals surface area (Å²) >= 11 is 0. The molecule has 2 rings (SSSR count). The summed E-state index contributed by atoms with van der Waals surface area (Å²) in [6, 6.07) is 7.61. The number of hydrogen-bond donors (Lipinski definition) is 3. The van der Waals surface area contributed by atoms with Crippen molar-refractivity contribution in [2.24, 2.45) is 0 Å². The monoisotopic (exact) mass is 344 g/mol. The average molecular weight is 344 g/mol. The van der Waals surface area contributed by atoms with Crippen molar-refractivity contribution in [3.63, 3.8) is 0 Å². The molecule has 0 saturated heterocycles. The molecular formula is C18H20N2O5. The van der Waals surface area contributed by atoms with Gasteiger partial charge in [-0.25, -0.2) is 4.79 Å². The first-order chi connectivity index (χ1) is 11.8. The molecule has 0 atom stereocenters. The maximum absolute atomic E-state index is 12.2. The van der Waals surface area contributed by atoms with E-state index in [4.69, 9.17) is 9.52 Å². The molecule has 0 aliphatic heterocycles. The number of rotatable bonds is 6. The van der Waals surface area contributed by atoms with Crippen molar-refractivity contribution in [1.29, 1.82) is 0 Å². The second kappa shape index (κ2) is 7.65. The van der Waals surface area contributed by atoms with Crippen LogP contribution in [-0.2, 0) is 6.42 Å². The molecule has 25 heavy (non-hydrogen) atoms. The predicted octanol–water partition coefficient (Wildman–Crippen LogP) is 2.93. The molecule has 0 aliphatic carbocycles. The Hall–Kier alpha value is -3.09. The lowest BCUT2D eigenvalue weighted by Crippen LogP contribution is -2.30. The van der Waals surface area contributed by atoms with Gasteiger partial charge in [0.25, 0.3) is 11.8 Å². The van der Waals surface area contributed by atoms with Gasteiger partial charge in [0.2, 0.25) is 0 Å². The van der Waals surface area contributed by atoms with Crippen LogP contribution in [0.3, 0.4) is 0 Å². The largest absolute Gasteiger partial charge is 0.478 e. The first kappa shape index (κ1) is 18.3. The molecule has 1 aromatic carbocycles. The number of carboxylic acid groups (broad SMARTS) is 1. The highest BCUT2D eigenvalue weighted by atomic mass is 16.4. The maximum atomic E-state index is 12.2. The third-order valence-electron chi connectivity index (χ3n) is 3.41. The SMILES string of the molecule is CCc1oc(C(=O)Nc2ccc(C(=O)NC(C)C)cc2)cc1C(=O)O. The zero-order valence-corrected chi connectivity index (χ0v) is 14.3. The lowest BCUT2D eigenvalue weighted by Gasteiger charge is -2.09. The normalized spacial score (nSPS) is 10.6. The van der Waals surface area contributed by atoms with Crippen LogP contribution in [-0.4, -0.2) is 28.9 Å². The molecule has 132 valence electrons. The quantitative estimate of drug-likeness (QED) is 0.746. The number of aryl methyl sites for hydroxylation is 1. The highest BCUT2D eigenvalue weighted by Gasteiger charge is 2.20. The lowest BCUT2D eigenvalue weighted by atomic mass is 10.2. The van der Waals surface area contributed by atoms with Crippen LogP contribution >= 0.6 is 0 Å². The van der Waals surface area contributed by atoms with E-state index in [9.17, 15) is 14.4 Å². The number of carbonyl (C=O) groups is 3. The number of amides is 2. The summed E-state index contributed by atoms with van der Waals surface area (Å²) in [5.41, 5.74) is 0.928. The fraction of sp³-hybridized carbons (Fsp3) is 0.278. The van der Waals surface area contributed by atoms with Crippen molar-refractivity contribution in [2.45, 2.75) is 33.2 Å². The Labute approximate surface area is 145 Å². The van der Waals surface area contributed by atoms with E-state index in [-0.39, 0.29) is 29.0 Å². The van der Waals surface area contributed by atoms with E-state index < -0.39 is 11.9 Å². The second-order valence-corrected chi connectivity index (χ2v) is 5.77. The molecule has 0 aliphatic rings. The molecule has 2 aromatic rings. The summed E-state index contributed by atoms with van der Waals surface area (Å²) in [6.07, 6.45) is 0.370. The molecule has 0 saturated carbocycles. The molecule has 1 heterocycles. The van der Waals surface area contributed by atoms with Crippen LogP contribution in [0.5, 0.6) is 0 Å². The third kappa shape index (κ3) is 4.47. The fourth-order valence-electron chi connectivity index (χ4n) is 2.23. The minimum atomic E-state index is -1.14. The molecule has 7 heteroatoms. The van der Waals surface area contributed by atoms with Gasteiger partial charge in [-0.05, 0) is 38.1 Å². The van der Waals surface area contributed by atoms with Gasteiger partial charge in [0.1, 0.15) is 11.3 Å². The Morgan fingerprint density at radius 3 is 2.24 bits per heavy atom. The van der Waals surface area contributed by atoms with Crippen LogP contribution < -0.4 is 10.6 Å². The Morgan fingerprint density at radius 2 is 1.76 bits per heavy atom. The molecule has 0 bridgehead atoms. The van der Waals surface area contributed by atoms with Gasteiger partial charge >= 0.3 is 5.97 Å².